The average Bonchev–Trinajstić information content (AvgIpc) is 2.78. The Kier molecular flexibility index (Phi) is 4.26. The Morgan fingerprint density at radius 2 is 1.84 bits per heavy atom. The molecule has 0 aromatic heterocycles. The van der Waals surface area contributed by atoms with Gasteiger partial charge >= 0.3 is 0 Å². The monoisotopic (exact) mass is 346 g/mol. The molecule has 0 spiro atoms. The number of fused-ring (bicyclic) bond motifs is 5. The van der Waals surface area contributed by atoms with Crippen molar-refractivity contribution < 1.29 is 4.79 Å². The zero-order valence-electron chi connectivity index (χ0n) is 17.0. The first-order valence-corrected chi connectivity index (χ1v) is 10.7. The SMILES string of the molecule is CC(=O)N[C@H]1[C@@H](C)C[C@H]2[C@@H]3CC[C@H]4N(C)CCC[C@]4(C)[C@H]3CC[C@@]21C. The van der Waals surface area contributed by atoms with Gasteiger partial charge in [-0.2, -0.15) is 0 Å². The first-order chi connectivity index (χ1) is 11.8. The highest BCUT2D eigenvalue weighted by Gasteiger charge is 2.61. The minimum atomic E-state index is 0.158. The first-order valence-electron chi connectivity index (χ1n) is 10.7. The minimum Gasteiger partial charge on any atom is -0.353 e. The molecule has 0 radical (unpaired) electrons. The van der Waals surface area contributed by atoms with Crippen molar-refractivity contribution in [3.8, 4) is 0 Å². The summed E-state index contributed by atoms with van der Waals surface area (Å²) in [6.07, 6.45) is 9.60. The van der Waals surface area contributed by atoms with Gasteiger partial charge in [0.25, 0.3) is 0 Å². The lowest BCUT2D eigenvalue weighted by Crippen LogP contribution is -2.61. The maximum absolute atomic E-state index is 11.8. The number of hydrogen-bond acceptors (Lipinski definition) is 2. The van der Waals surface area contributed by atoms with Gasteiger partial charge < -0.3 is 10.2 Å². The van der Waals surface area contributed by atoms with Crippen LogP contribution in [-0.2, 0) is 4.79 Å². The Morgan fingerprint density at radius 1 is 1.08 bits per heavy atom. The smallest absolute Gasteiger partial charge is 0.217 e. The fourth-order valence-corrected chi connectivity index (χ4v) is 8.27. The van der Waals surface area contributed by atoms with Gasteiger partial charge in [-0.3, -0.25) is 4.79 Å². The minimum absolute atomic E-state index is 0.158. The molecule has 1 saturated heterocycles. The topological polar surface area (TPSA) is 32.3 Å². The molecular weight excluding hydrogens is 308 g/mol. The van der Waals surface area contributed by atoms with E-state index in [1.54, 1.807) is 6.92 Å². The number of nitrogens with one attached hydrogen (secondary N) is 1. The number of hydrogen-bond donors (Lipinski definition) is 1. The molecule has 0 unspecified atom stereocenters. The lowest BCUT2D eigenvalue weighted by Gasteiger charge is -2.62. The molecule has 4 fully saturated rings. The first kappa shape index (κ1) is 17.8. The standard InChI is InChI=1S/C22H38N2O/c1-14-13-18-16-7-8-19-21(3,10-6-12-24(19)5)17(16)9-11-22(18,4)20(14)23-15(2)25/h14,16-20H,6-13H2,1-5H3,(H,23,25)/t14-,16+,17-,18-,19+,20-,21+,22-/m0/s1. The van der Waals surface area contributed by atoms with Gasteiger partial charge in [0.2, 0.25) is 5.91 Å². The van der Waals surface area contributed by atoms with Gasteiger partial charge in [-0.25, -0.2) is 0 Å². The van der Waals surface area contributed by atoms with E-state index >= 15 is 0 Å². The summed E-state index contributed by atoms with van der Waals surface area (Å²) in [5, 5.41) is 3.35. The van der Waals surface area contributed by atoms with Crippen LogP contribution < -0.4 is 5.32 Å². The zero-order valence-corrected chi connectivity index (χ0v) is 17.0. The molecule has 0 aromatic carbocycles. The molecule has 1 heterocycles. The van der Waals surface area contributed by atoms with Gasteiger partial charge in [0, 0.05) is 19.0 Å². The summed E-state index contributed by atoms with van der Waals surface area (Å²) in [5.41, 5.74) is 0.836. The highest BCUT2D eigenvalue weighted by Crippen LogP contribution is 2.65. The summed E-state index contributed by atoms with van der Waals surface area (Å²) in [4.78, 5) is 14.5. The zero-order chi connectivity index (χ0) is 18.0. The lowest BCUT2D eigenvalue weighted by atomic mass is 9.47. The molecule has 3 heteroatoms. The highest BCUT2D eigenvalue weighted by atomic mass is 16.1. The quantitative estimate of drug-likeness (QED) is 0.776. The molecule has 3 saturated carbocycles. The molecule has 0 bridgehead atoms. The maximum Gasteiger partial charge on any atom is 0.217 e. The normalized spacial score (nSPS) is 52.8. The predicted molar refractivity (Wildman–Crippen MR) is 102 cm³/mol. The van der Waals surface area contributed by atoms with Crippen LogP contribution >= 0.6 is 0 Å². The second kappa shape index (κ2) is 5.97. The number of rotatable bonds is 1. The van der Waals surface area contributed by atoms with Gasteiger partial charge in [-0.05, 0) is 93.0 Å². The van der Waals surface area contributed by atoms with Crippen LogP contribution in [-0.4, -0.2) is 36.5 Å². The van der Waals surface area contributed by atoms with E-state index in [0.29, 0.717) is 22.8 Å². The number of amides is 1. The van der Waals surface area contributed by atoms with Crippen molar-refractivity contribution >= 4 is 5.91 Å². The fourth-order valence-electron chi connectivity index (χ4n) is 8.27. The molecule has 4 rings (SSSR count). The molecule has 25 heavy (non-hydrogen) atoms. The van der Waals surface area contributed by atoms with Crippen molar-refractivity contribution in [3.05, 3.63) is 0 Å². The molecule has 142 valence electrons. The van der Waals surface area contributed by atoms with Crippen molar-refractivity contribution in [2.75, 3.05) is 13.6 Å². The van der Waals surface area contributed by atoms with Crippen LogP contribution in [0.2, 0.25) is 0 Å². The van der Waals surface area contributed by atoms with E-state index in [1.165, 1.54) is 51.5 Å². The van der Waals surface area contributed by atoms with Crippen LogP contribution in [0.15, 0.2) is 0 Å². The van der Waals surface area contributed by atoms with Crippen molar-refractivity contribution in [2.45, 2.75) is 84.7 Å². The summed E-state index contributed by atoms with van der Waals surface area (Å²) < 4.78 is 0. The summed E-state index contributed by atoms with van der Waals surface area (Å²) in [6.45, 7) is 10.5. The Bertz CT molecular complexity index is 548. The molecular formula is C22H38N2O. The van der Waals surface area contributed by atoms with E-state index in [-0.39, 0.29) is 5.91 Å². The summed E-state index contributed by atoms with van der Waals surface area (Å²) in [7, 11) is 2.36. The van der Waals surface area contributed by atoms with Crippen molar-refractivity contribution in [3.63, 3.8) is 0 Å². The Labute approximate surface area is 154 Å². The van der Waals surface area contributed by atoms with Gasteiger partial charge in [0.1, 0.15) is 0 Å². The molecule has 0 aromatic rings. The second-order valence-electron chi connectivity index (χ2n) is 10.5. The van der Waals surface area contributed by atoms with E-state index < -0.39 is 0 Å². The van der Waals surface area contributed by atoms with Gasteiger partial charge in [-0.1, -0.05) is 20.8 Å². The number of likely N-dealkylation sites (tertiary alicyclic amines) is 1. The third kappa shape index (κ3) is 2.51. The maximum atomic E-state index is 11.8. The van der Waals surface area contributed by atoms with E-state index in [9.17, 15) is 4.79 Å². The Morgan fingerprint density at radius 3 is 2.56 bits per heavy atom. The van der Waals surface area contributed by atoms with E-state index in [4.69, 9.17) is 0 Å². The molecule has 4 aliphatic rings. The number of nitrogens with zero attached hydrogens (tertiary/aromatic N) is 1. The Balaban J connectivity index is 1.62. The predicted octanol–water partition coefficient (Wildman–Crippen LogP) is 4.07. The van der Waals surface area contributed by atoms with Crippen molar-refractivity contribution in [1.82, 2.24) is 10.2 Å². The van der Waals surface area contributed by atoms with Gasteiger partial charge in [0.05, 0.1) is 0 Å². The van der Waals surface area contributed by atoms with Gasteiger partial charge in [0.15, 0.2) is 0 Å². The largest absolute Gasteiger partial charge is 0.353 e. The molecule has 1 N–H and O–H groups in total. The molecule has 3 aliphatic carbocycles. The summed E-state index contributed by atoms with van der Waals surface area (Å²) >= 11 is 0. The third-order valence-electron chi connectivity index (χ3n) is 9.28. The number of carbonyl (C=O) groups excluding carboxylic acids is 1. The van der Waals surface area contributed by atoms with Crippen molar-refractivity contribution in [1.29, 1.82) is 0 Å². The molecule has 3 nitrogen and oxygen atoms in total. The molecule has 8 atom stereocenters. The van der Waals surface area contributed by atoms with E-state index in [0.717, 1.165) is 23.8 Å². The van der Waals surface area contributed by atoms with Crippen LogP contribution in [0, 0.1) is 34.5 Å². The van der Waals surface area contributed by atoms with Crippen molar-refractivity contribution in [2.24, 2.45) is 34.5 Å². The summed E-state index contributed by atoms with van der Waals surface area (Å²) in [5.74, 6) is 3.37. The van der Waals surface area contributed by atoms with Crippen LogP contribution in [0.25, 0.3) is 0 Å². The molecule has 1 aliphatic heterocycles. The van der Waals surface area contributed by atoms with Gasteiger partial charge in [-0.15, -0.1) is 0 Å². The third-order valence-corrected chi connectivity index (χ3v) is 9.28. The number of carbonyl (C=O) groups is 1. The summed E-state index contributed by atoms with van der Waals surface area (Å²) in [6, 6.07) is 1.19. The average molecular weight is 347 g/mol. The lowest BCUT2D eigenvalue weighted by molar-refractivity contribution is -0.127. The number of piperidine rings is 1. The van der Waals surface area contributed by atoms with Crippen LogP contribution in [0.1, 0.15) is 72.6 Å². The van der Waals surface area contributed by atoms with Crippen LogP contribution in [0.3, 0.4) is 0 Å². The van der Waals surface area contributed by atoms with E-state index in [2.05, 4.69) is 38.0 Å². The van der Waals surface area contributed by atoms with Crippen LogP contribution in [0.5, 0.6) is 0 Å². The Hall–Kier alpha value is -0.570. The van der Waals surface area contributed by atoms with E-state index in [1.807, 2.05) is 0 Å². The molecule has 1 amide bonds. The fraction of sp³-hybridized carbons (Fsp3) is 0.955. The van der Waals surface area contributed by atoms with Crippen LogP contribution in [0.4, 0.5) is 0 Å². The highest BCUT2D eigenvalue weighted by molar-refractivity contribution is 5.73. The second-order valence-corrected chi connectivity index (χ2v) is 10.5.